The molecule has 5 nitrogen and oxygen atoms in total. The Morgan fingerprint density at radius 1 is 1.17 bits per heavy atom. The summed E-state index contributed by atoms with van der Waals surface area (Å²) in [6, 6.07) is 0.0422. The van der Waals surface area contributed by atoms with Crippen molar-refractivity contribution in [2.45, 2.75) is 99.3 Å². The smallest absolute Gasteiger partial charge is 0.426 e. The molecule has 0 aromatic rings. The van der Waals surface area contributed by atoms with Gasteiger partial charge in [0.05, 0.1) is 11.6 Å². The molecule has 1 saturated heterocycles. The molecule has 1 aliphatic heterocycles. The van der Waals surface area contributed by atoms with Gasteiger partial charge in [-0.3, -0.25) is 5.84 Å². The number of hydrogen-bond acceptors (Lipinski definition) is 4. The standard InChI is InChI=1S/C18H37N3O2/c1-11-16(5,6)13-17(7,8)12-18(9,10)20(21(13)19)14(22)23-15(2,3)4/h13H,11-12,19H2,1-10H3. The van der Waals surface area contributed by atoms with E-state index in [9.17, 15) is 4.79 Å². The van der Waals surface area contributed by atoms with Gasteiger partial charge < -0.3 is 4.74 Å². The van der Waals surface area contributed by atoms with Crippen molar-refractivity contribution in [3.05, 3.63) is 0 Å². The number of rotatable bonds is 2. The fraction of sp³-hybridized carbons (Fsp3) is 0.944. The summed E-state index contributed by atoms with van der Waals surface area (Å²) < 4.78 is 5.61. The van der Waals surface area contributed by atoms with Gasteiger partial charge in [0, 0.05) is 0 Å². The molecule has 5 heteroatoms. The van der Waals surface area contributed by atoms with Gasteiger partial charge in [0.1, 0.15) is 5.60 Å². The van der Waals surface area contributed by atoms with Crippen LogP contribution in [0.15, 0.2) is 0 Å². The molecule has 0 aliphatic carbocycles. The highest BCUT2D eigenvalue weighted by molar-refractivity contribution is 5.68. The number of hydrazine groups is 2. The van der Waals surface area contributed by atoms with Gasteiger partial charge >= 0.3 is 6.09 Å². The van der Waals surface area contributed by atoms with E-state index in [-0.39, 0.29) is 23.0 Å². The third kappa shape index (κ3) is 4.18. The summed E-state index contributed by atoms with van der Waals surface area (Å²) in [5, 5.41) is 3.26. The molecule has 0 saturated carbocycles. The van der Waals surface area contributed by atoms with Gasteiger partial charge in [-0.25, -0.2) is 9.80 Å². The molecule has 0 bridgehead atoms. The molecular weight excluding hydrogens is 290 g/mol. The second-order valence-electron chi connectivity index (χ2n) is 9.89. The van der Waals surface area contributed by atoms with Crippen LogP contribution in [-0.2, 0) is 4.74 Å². The monoisotopic (exact) mass is 327 g/mol. The van der Waals surface area contributed by atoms with E-state index in [1.54, 1.807) is 10.1 Å². The summed E-state index contributed by atoms with van der Waals surface area (Å²) >= 11 is 0. The molecule has 0 spiro atoms. The first-order chi connectivity index (χ1) is 10.1. The van der Waals surface area contributed by atoms with Crippen molar-refractivity contribution >= 4 is 6.09 Å². The van der Waals surface area contributed by atoms with E-state index in [0.717, 1.165) is 12.8 Å². The Hall–Kier alpha value is -0.810. The lowest BCUT2D eigenvalue weighted by Crippen LogP contribution is -2.74. The molecule has 23 heavy (non-hydrogen) atoms. The molecular formula is C18H37N3O2. The van der Waals surface area contributed by atoms with Crippen LogP contribution in [0.5, 0.6) is 0 Å². The molecule has 1 fully saturated rings. The Balaban J connectivity index is 3.28. The zero-order chi connectivity index (χ0) is 18.4. The van der Waals surface area contributed by atoms with Gasteiger partial charge in [0.15, 0.2) is 0 Å². The average molecular weight is 328 g/mol. The summed E-state index contributed by atoms with van der Waals surface area (Å²) in [5.41, 5.74) is -0.983. The molecule has 2 N–H and O–H groups in total. The summed E-state index contributed by atoms with van der Waals surface area (Å²) in [5.74, 6) is 6.51. The van der Waals surface area contributed by atoms with Crippen molar-refractivity contribution < 1.29 is 9.53 Å². The molecule has 1 unspecified atom stereocenters. The van der Waals surface area contributed by atoms with E-state index in [1.165, 1.54) is 0 Å². The van der Waals surface area contributed by atoms with Crippen molar-refractivity contribution in [2.24, 2.45) is 16.7 Å². The minimum atomic E-state index is -0.545. The number of hydrogen-bond donors (Lipinski definition) is 1. The Kier molecular flexibility index (Phi) is 5.21. The van der Waals surface area contributed by atoms with E-state index in [4.69, 9.17) is 10.6 Å². The average Bonchev–Trinajstić information content (AvgIpc) is 2.21. The van der Waals surface area contributed by atoms with Crippen molar-refractivity contribution in [1.29, 1.82) is 0 Å². The lowest BCUT2D eigenvalue weighted by molar-refractivity contribution is -0.214. The van der Waals surface area contributed by atoms with Crippen LogP contribution in [0.2, 0.25) is 0 Å². The number of nitrogens with zero attached hydrogens (tertiary/aromatic N) is 2. The van der Waals surface area contributed by atoms with Crippen LogP contribution in [0.4, 0.5) is 4.79 Å². The SMILES string of the molecule is CCC(C)(C)C1N(N)N(C(=O)OC(C)(C)C)C(C)(C)CC1(C)C. The Labute approximate surface area is 142 Å². The second-order valence-corrected chi connectivity index (χ2v) is 9.89. The van der Waals surface area contributed by atoms with Crippen LogP contribution >= 0.6 is 0 Å². The molecule has 136 valence electrons. The van der Waals surface area contributed by atoms with Crippen molar-refractivity contribution in [3.63, 3.8) is 0 Å². The number of carbonyl (C=O) groups is 1. The van der Waals surface area contributed by atoms with Crippen LogP contribution in [0.1, 0.15) is 82.1 Å². The minimum absolute atomic E-state index is 0.0176. The van der Waals surface area contributed by atoms with Crippen molar-refractivity contribution in [1.82, 2.24) is 10.1 Å². The summed E-state index contributed by atoms with van der Waals surface area (Å²) in [6.45, 7) is 20.8. The first kappa shape index (κ1) is 20.2. The summed E-state index contributed by atoms with van der Waals surface area (Å²) in [4.78, 5) is 12.8. The van der Waals surface area contributed by atoms with Crippen LogP contribution < -0.4 is 5.84 Å². The van der Waals surface area contributed by atoms with Gasteiger partial charge in [0.2, 0.25) is 0 Å². The molecule has 1 heterocycles. The van der Waals surface area contributed by atoms with Gasteiger partial charge in [-0.05, 0) is 58.3 Å². The maximum absolute atomic E-state index is 12.8. The van der Waals surface area contributed by atoms with Crippen LogP contribution in [0, 0.1) is 10.8 Å². The van der Waals surface area contributed by atoms with Gasteiger partial charge in [0.25, 0.3) is 0 Å². The Morgan fingerprint density at radius 3 is 2.04 bits per heavy atom. The number of ether oxygens (including phenoxy) is 1. The lowest BCUT2D eigenvalue weighted by atomic mass is 9.63. The zero-order valence-corrected chi connectivity index (χ0v) is 16.8. The quantitative estimate of drug-likeness (QED) is 0.767. The molecule has 1 atom stereocenters. The van der Waals surface area contributed by atoms with Crippen molar-refractivity contribution in [2.75, 3.05) is 0 Å². The molecule has 0 aromatic heterocycles. The first-order valence-corrected chi connectivity index (χ1v) is 8.62. The highest BCUT2D eigenvalue weighted by Crippen LogP contribution is 2.49. The Morgan fingerprint density at radius 2 is 1.65 bits per heavy atom. The number of nitrogens with two attached hydrogens (primary N) is 1. The molecule has 1 amide bonds. The molecule has 1 aliphatic rings. The van der Waals surface area contributed by atoms with E-state index in [2.05, 4.69) is 34.6 Å². The van der Waals surface area contributed by atoms with Gasteiger partial charge in [-0.15, -0.1) is 5.12 Å². The van der Waals surface area contributed by atoms with E-state index in [0.29, 0.717) is 0 Å². The van der Waals surface area contributed by atoms with E-state index < -0.39 is 11.1 Å². The largest absolute Gasteiger partial charge is 0.443 e. The van der Waals surface area contributed by atoms with Crippen molar-refractivity contribution in [3.8, 4) is 0 Å². The summed E-state index contributed by atoms with van der Waals surface area (Å²) in [6.07, 6.45) is 1.47. The molecule has 0 aromatic carbocycles. The Bertz CT molecular complexity index is 450. The third-order valence-corrected chi connectivity index (χ3v) is 4.92. The normalized spacial score (nSPS) is 25.3. The molecule has 0 radical (unpaired) electrons. The van der Waals surface area contributed by atoms with E-state index >= 15 is 0 Å². The van der Waals surface area contributed by atoms with Crippen LogP contribution in [0.3, 0.4) is 0 Å². The summed E-state index contributed by atoms with van der Waals surface area (Å²) in [7, 11) is 0. The zero-order valence-electron chi connectivity index (χ0n) is 16.8. The third-order valence-electron chi connectivity index (χ3n) is 4.92. The van der Waals surface area contributed by atoms with Gasteiger partial charge in [-0.2, -0.15) is 0 Å². The highest BCUT2D eigenvalue weighted by Gasteiger charge is 2.55. The predicted octanol–water partition coefficient (Wildman–Crippen LogP) is 4.33. The fourth-order valence-electron chi connectivity index (χ4n) is 4.33. The number of carbonyl (C=O) groups excluding carboxylic acids is 1. The van der Waals surface area contributed by atoms with Gasteiger partial charge in [-0.1, -0.05) is 34.6 Å². The molecule has 1 rings (SSSR count). The maximum Gasteiger partial charge on any atom is 0.426 e. The first-order valence-electron chi connectivity index (χ1n) is 8.62. The second kappa shape index (κ2) is 5.92. The maximum atomic E-state index is 12.8. The minimum Gasteiger partial charge on any atom is -0.443 e. The van der Waals surface area contributed by atoms with Crippen LogP contribution in [0.25, 0.3) is 0 Å². The lowest BCUT2D eigenvalue weighted by Gasteiger charge is -2.60. The van der Waals surface area contributed by atoms with E-state index in [1.807, 2.05) is 34.6 Å². The number of amides is 1. The topological polar surface area (TPSA) is 58.8 Å². The predicted molar refractivity (Wildman–Crippen MR) is 94.4 cm³/mol. The fourth-order valence-corrected chi connectivity index (χ4v) is 4.33. The van der Waals surface area contributed by atoms with Crippen LogP contribution in [-0.4, -0.2) is 33.4 Å². The highest BCUT2D eigenvalue weighted by atomic mass is 16.6.